The summed E-state index contributed by atoms with van der Waals surface area (Å²) in [7, 11) is 0. The molecule has 1 heterocycles. The molecule has 0 bridgehead atoms. The summed E-state index contributed by atoms with van der Waals surface area (Å²) < 4.78 is 0. The summed E-state index contributed by atoms with van der Waals surface area (Å²) in [5.41, 5.74) is 1.20. The third-order valence-corrected chi connectivity index (χ3v) is 4.62. The quantitative estimate of drug-likeness (QED) is 0.762. The first-order chi connectivity index (χ1) is 12.4. The number of urea groups is 1. The molecule has 0 saturated carbocycles. The van der Waals surface area contributed by atoms with Crippen LogP contribution in [0.5, 0.6) is 0 Å². The maximum absolute atomic E-state index is 12.0. The highest BCUT2D eigenvalue weighted by Gasteiger charge is 2.19. The van der Waals surface area contributed by atoms with Gasteiger partial charge in [-0.15, -0.1) is 0 Å². The van der Waals surface area contributed by atoms with Crippen molar-refractivity contribution in [3.8, 4) is 0 Å². The van der Waals surface area contributed by atoms with Crippen molar-refractivity contribution in [2.24, 2.45) is 5.92 Å². The van der Waals surface area contributed by atoms with Crippen LogP contribution in [0.15, 0.2) is 24.3 Å². The Hall–Kier alpha value is -1.63. The van der Waals surface area contributed by atoms with Crippen molar-refractivity contribution in [2.75, 3.05) is 39.3 Å². The van der Waals surface area contributed by atoms with Crippen LogP contribution in [0, 0.1) is 5.92 Å². The molecule has 0 spiro atoms. The van der Waals surface area contributed by atoms with Crippen molar-refractivity contribution in [3.63, 3.8) is 0 Å². The van der Waals surface area contributed by atoms with E-state index in [9.17, 15) is 9.59 Å². The molecule has 6 nitrogen and oxygen atoms in total. The van der Waals surface area contributed by atoms with E-state index < -0.39 is 6.03 Å². The highest BCUT2D eigenvalue weighted by molar-refractivity contribution is 6.30. The van der Waals surface area contributed by atoms with Crippen LogP contribution in [0.2, 0.25) is 5.02 Å². The molecule has 7 heteroatoms. The van der Waals surface area contributed by atoms with E-state index in [1.54, 1.807) is 0 Å². The van der Waals surface area contributed by atoms with Crippen LogP contribution in [-0.2, 0) is 11.3 Å². The molecule has 1 aromatic rings. The molecule has 0 atom stereocenters. The van der Waals surface area contributed by atoms with E-state index in [0.29, 0.717) is 12.5 Å². The van der Waals surface area contributed by atoms with Gasteiger partial charge in [-0.3, -0.25) is 19.9 Å². The topological polar surface area (TPSA) is 64.7 Å². The Bertz CT molecular complexity index is 601. The normalized spacial score (nSPS) is 15.8. The minimum Gasteiger partial charge on any atom is -0.338 e. The van der Waals surface area contributed by atoms with Gasteiger partial charge in [-0.25, -0.2) is 4.79 Å². The predicted molar refractivity (Wildman–Crippen MR) is 104 cm³/mol. The number of carbonyl (C=O) groups excluding carboxylic acids is 2. The fourth-order valence-corrected chi connectivity index (χ4v) is 3.10. The maximum atomic E-state index is 12.0. The molecule has 1 aromatic carbocycles. The Kier molecular flexibility index (Phi) is 8.35. The molecular formula is C19H29ClN4O2. The van der Waals surface area contributed by atoms with Gasteiger partial charge in [-0.1, -0.05) is 37.6 Å². The molecule has 0 aromatic heterocycles. The van der Waals surface area contributed by atoms with E-state index in [0.717, 1.165) is 44.2 Å². The van der Waals surface area contributed by atoms with Gasteiger partial charge in [-0.05, 0) is 30.0 Å². The van der Waals surface area contributed by atoms with Gasteiger partial charge in [-0.2, -0.15) is 0 Å². The number of benzene rings is 1. The van der Waals surface area contributed by atoms with E-state index in [-0.39, 0.29) is 12.5 Å². The van der Waals surface area contributed by atoms with Crippen LogP contribution in [0.3, 0.4) is 0 Å². The van der Waals surface area contributed by atoms with Crippen LogP contribution in [0.25, 0.3) is 0 Å². The lowest BCUT2D eigenvalue weighted by atomic mass is 10.1. The molecule has 1 aliphatic rings. The fourth-order valence-electron chi connectivity index (χ4n) is 2.89. The van der Waals surface area contributed by atoms with E-state index in [4.69, 9.17) is 11.6 Å². The fraction of sp³-hybridized carbons (Fsp3) is 0.579. The molecule has 2 N–H and O–H groups in total. The first-order valence-corrected chi connectivity index (χ1v) is 9.57. The monoisotopic (exact) mass is 380 g/mol. The Morgan fingerprint density at radius 1 is 1.15 bits per heavy atom. The molecule has 1 aliphatic heterocycles. The van der Waals surface area contributed by atoms with Gasteiger partial charge in [0.05, 0.1) is 6.54 Å². The van der Waals surface area contributed by atoms with Crippen molar-refractivity contribution in [1.29, 1.82) is 0 Å². The maximum Gasteiger partial charge on any atom is 0.321 e. The number of hydrogen-bond donors (Lipinski definition) is 2. The van der Waals surface area contributed by atoms with Crippen LogP contribution in [0.1, 0.15) is 25.8 Å². The minimum absolute atomic E-state index is 0.253. The van der Waals surface area contributed by atoms with Gasteiger partial charge in [0.25, 0.3) is 0 Å². The Morgan fingerprint density at radius 2 is 1.85 bits per heavy atom. The zero-order valence-corrected chi connectivity index (χ0v) is 16.4. The lowest BCUT2D eigenvalue weighted by Crippen LogP contribution is -2.50. The van der Waals surface area contributed by atoms with Gasteiger partial charge in [0.15, 0.2) is 0 Å². The number of piperazine rings is 1. The Balaban J connectivity index is 1.64. The van der Waals surface area contributed by atoms with Crippen LogP contribution in [-0.4, -0.2) is 61.0 Å². The van der Waals surface area contributed by atoms with Gasteiger partial charge >= 0.3 is 6.03 Å². The molecule has 26 heavy (non-hydrogen) atoms. The number of rotatable bonds is 7. The summed E-state index contributed by atoms with van der Waals surface area (Å²) in [6.45, 7) is 9.28. The number of amides is 3. The SMILES string of the molecule is CC(C)CCNC(=O)NC(=O)CN1CCN(Cc2cccc(Cl)c2)CC1. The van der Waals surface area contributed by atoms with Crippen molar-refractivity contribution in [1.82, 2.24) is 20.4 Å². The largest absolute Gasteiger partial charge is 0.338 e. The molecule has 0 aliphatic carbocycles. The first-order valence-electron chi connectivity index (χ1n) is 9.19. The molecule has 1 fully saturated rings. The molecule has 0 unspecified atom stereocenters. The molecule has 0 radical (unpaired) electrons. The number of carbonyl (C=O) groups is 2. The van der Waals surface area contributed by atoms with E-state index in [2.05, 4.69) is 40.3 Å². The van der Waals surface area contributed by atoms with Crippen molar-refractivity contribution >= 4 is 23.5 Å². The lowest BCUT2D eigenvalue weighted by Gasteiger charge is -2.34. The number of nitrogens with zero attached hydrogens (tertiary/aromatic N) is 2. The summed E-state index contributed by atoms with van der Waals surface area (Å²) in [5, 5.41) is 5.87. The summed E-state index contributed by atoms with van der Waals surface area (Å²) >= 11 is 6.03. The molecule has 2 rings (SSSR count). The van der Waals surface area contributed by atoms with Crippen LogP contribution < -0.4 is 10.6 Å². The molecule has 1 saturated heterocycles. The number of imide groups is 1. The average Bonchev–Trinajstić information content (AvgIpc) is 2.56. The summed E-state index contributed by atoms with van der Waals surface area (Å²) in [5.74, 6) is 0.268. The lowest BCUT2D eigenvalue weighted by molar-refractivity contribution is -0.121. The summed E-state index contributed by atoms with van der Waals surface area (Å²) in [6.07, 6.45) is 0.899. The predicted octanol–water partition coefficient (Wildman–Crippen LogP) is 2.33. The zero-order chi connectivity index (χ0) is 18.9. The molecular weight excluding hydrogens is 352 g/mol. The number of halogens is 1. The van der Waals surface area contributed by atoms with Crippen molar-refractivity contribution in [3.05, 3.63) is 34.9 Å². The van der Waals surface area contributed by atoms with Crippen LogP contribution in [0.4, 0.5) is 4.79 Å². The Morgan fingerprint density at radius 3 is 2.50 bits per heavy atom. The van der Waals surface area contributed by atoms with Gasteiger partial charge in [0, 0.05) is 44.3 Å². The second-order valence-electron chi connectivity index (χ2n) is 7.17. The third kappa shape index (κ3) is 7.72. The van der Waals surface area contributed by atoms with E-state index >= 15 is 0 Å². The van der Waals surface area contributed by atoms with Gasteiger partial charge in [0.1, 0.15) is 0 Å². The average molecular weight is 381 g/mol. The molecule has 144 valence electrons. The second-order valence-corrected chi connectivity index (χ2v) is 7.61. The standard InChI is InChI=1S/C19H29ClN4O2/c1-15(2)6-7-21-19(26)22-18(25)14-24-10-8-23(9-11-24)13-16-4-3-5-17(20)12-16/h3-5,12,15H,6-11,13-14H2,1-2H3,(H2,21,22,25,26). The van der Waals surface area contributed by atoms with Gasteiger partial charge in [0.2, 0.25) is 5.91 Å². The highest BCUT2D eigenvalue weighted by atomic mass is 35.5. The molecule has 3 amide bonds. The third-order valence-electron chi connectivity index (χ3n) is 4.39. The zero-order valence-electron chi connectivity index (χ0n) is 15.6. The van der Waals surface area contributed by atoms with E-state index in [1.807, 2.05) is 18.2 Å². The summed E-state index contributed by atoms with van der Waals surface area (Å²) in [6, 6.07) is 7.49. The van der Waals surface area contributed by atoms with E-state index in [1.165, 1.54) is 5.56 Å². The first kappa shape index (κ1) is 20.7. The number of nitrogens with one attached hydrogen (secondary N) is 2. The smallest absolute Gasteiger partial charge is 0.321 e. The minimum atomic E-state index is -0.407. The van der Waals surface area contributed by atoms with Crippen molar-refractivity contribution in [2.45, 2.75) is 26.8 Å². The number of hydrogen-bond acceptors (Lipinski definition) is 4. The second kappa shape index (κ2) is 10.5. The van der Waals surface area contributed by atoms with Gasteiger partial charge < -0.3 is 5.32 Å². The van der Waals surface area contributed by atoms with Crippen LogP contribution >= 0.6 is 11.6 Å². The highest BCUT2D eigenvalue weighted by Crippen LogP contribution is 2.13. The van der Waals surface area contributed by atoms with Crippen molar-refractivity contribution < 1.29 is 9.59 Å². The summed E-state index contributed by atoms with van der Waals surface area (Å²) in [4.78, 5) is 28.1. The Labute approximate surface area is 160 Å².